The highest BCUT2D eigenvalue weighted by Crippen LogP contribution is 2.23. The summed E-state index contributed by atoms with van der Waals surface area (Å²) in [5.74, 6) is 1.63. The Labute approximate surface area is 149 Å². The van der Waals surface area contributed by atoms with Gasteiger partial charge in [-0.2, -0.15) is 0 Å². The molecule has 2 rings (SSSR count). The van der Waals surface area contributed by atoms with Gasteiger partial charge in [-0.1, -0.05) is 37.6 Å². The van der Waals surface area contributed by atoms with Crippen molar-refractivity contribution in [2.24, 2.45) is 4.99 Å². The minimum Gasteiger partial charge on any atom is -0.357 e. The fourth-order valence-corrected chi connectivity index (χ4v) is 4.56. The quantitative estimate of drug-likeness (QED) is 0.613. The fourth-order valence-electron chi connectivity index (χ4n) is 3.22. The molecule has 4 nitrogen and oxygen atoms in total. The summed E-state index contributed by atoms with van der Waals surface area (Å²) in [6, 6.07) is 8.74. The maximum Gasteiger partial charge on any atom is 0.191 e. The molecule has 24 heavy (non-hydrogen) atoms. The van der Waals surface area contributed by atoms with Crippen LogP contribution in [-0.2, 0) is 17.3 Å². The summed E-state index contributed by atoms with van der Waals surface area (Å²) in [7, 11) is -0.690. The molecule has 1 aliphatic carbocycles. The van der Waals surface area contributed by atoms with E-state index in [0.717, 1.165) is 43.9 Å². The lowest BCUT2D eigenvalue weighted by Gasteiger charge is -2.30. The molecule has 1 aliphatic rings. The van der Waals surface area contributed by atoms with Crippen LogP contribution in [0.25, 0.3) is 0 Å². The van der Waals surface area contributed by atoms with Crippen molar-refractivity contribution in [3.63, 3.8) is 0 Å². The molecule has 0 saturated heterocycles. The van der Waals surface area contributed by atoms with Gasteiger partial charge in [0.2, 0.25) is 0 Å². The van der Waals surface area contributed by atoms with Crippen molar-refractivity contribution >= 4 is 16.8 Å². The zero-order valence-corrected chi connectivity index (χ0v) is 16.0. The molecule has 0 amide bonds. The van der Waals surface area contributed by atoms with Gasteiger partial charge < -0.3 is 10.6 Å². The van der Waals surface area contributed by atoms with E-state index < -0.39 is 10.8 Å². The molecule has 0 aliphatic heterocycles. The van der Waals surface area contributed by atoms with E-state index in [4.69, 9.17) is 4.99 Å². The predicted octanol–water partition coefficient (Wildman–Crippen LogP) is 3.13. The summed E-state index contributed by atoms with van der Waals surface area (Å²) >= 11 is 0. The second-order valence-electron chi connectivity index (χ2n) is 6.42. The average Bonchev–Trinajstić information content (AvgIpc) is 2.60. The Balaban J connectivity index is 1.98. The topological polar surface area (TPSA) is 53.5 Å². The number of rotatable bonds is 6. The molecule has 1 fully saturated rings. The van der Waals surface area contributed by atoms with Gasteiger partial charge in [0.15, 0.2) is 5.96 Å². The smallest absolute Gasteiger partial charge is 0.191 e. The first kappa shape index (κ1) is 19.0. The van der Waals surface area contributed by atoms with Gasteiger partial charge in [-0.25, -0.2) is 4.99 Å². The van der Waals surface area contributed by atoms with Crippen LogP contribution in [0.15, 0.2) is 29.3 Å². The van der Waals surface area contributed by atoms with Crippen LogP contribution in [0, 0.1) is 6.92 Å². The molecule has 1 aromatic carbocycles. The normalized spacial score (nSPS) is 22.9. The monoisotopic (exact) mass is 349 g/mol. The van der Waals surface area contributed by atoms with Crippen molar-refractivity contribution in [2.75, 3.05) is 12.3 Å². The number of aryl methyl sites for hydroxylation is 1. The lowest BCUT2D eigenvalue weighted by atomic mass is 9.95. The van der Waals surface area contributed by atoms with E-state index in [9.17, 15) is 4.21 Å². The van der Waals surface area contributed by atoms with Crippen molar-refractivity contribution in [3.05, 3.63) is 35.4 Å². The molecule has 5 heteroatoms. The Bertz CT molecular complexity index is 573. The third kappa shape index (κ3) is 5.62. The first-order valence-electron chi connectivity index (χ1n) is 9.10. The van der Waals surface area contributed by atoms with Crippen LogP contribution in [0.4, 0.5) is 0 Å². The van der Waals surface area contributed by atoms with E-state index in [-0.39, 0.29) is 0 Å². The first-order chi connectivity index (χ1) is 11.6. The van der Waals surface area contributed by atoms with Crippen molar-refractivity contribution in [3.8, 4) is 0 Å². The Hall–Kier alpha value is -1.36. The van der Waals surface area contributed by atoms with E-state index in [1.54, 1.807) is 0 Å². The summed E-state index contributed by atoms with van der Waals surface area (Å²) in [6.45, 7) is 7.74. The summed E-state index contributed by atoms with van der Waals surface area (Å²) in [5.41, 5.74) is 2.52. The molecule has 134 valence electrons. The van der Waals surface area contributed by atoms with Crippen molar-refractivity contribution in [2.45, 2.75) is 64.3 Å². The van der Waals surface area contributed by atoms with Gasteiger partial charge in [-0.3, -0.25) is 4.21 Å². The Morgan fingerprint density at radius 2 is 2.08 bits per heavy atom. The van der Waals surface area contributed by atoms with E-state index in [1.165, 1.54) is 11.1 Å². The highest BCUT2D eigenvalue weighted by atomic mass is 32.2. The SMILES string of the molecule is CCNC(=NCc1ccccc1C)NC1CCCC(S(=O)CC)C1. The van der Waals surface area contributed by atoms with E-state index >= 15 is 0 Å². The maximum absolute atomic E-state index is 12.1. The minimum atomic E-state index is -0.690. The van der Waals surface area contributed by atoms with Crippen LogP contribution in [0.2, 0.25) is 0 Å². The molecule has 1 aromatic rings. The molecule has 0 heterocycles. The van der Waals surface area contributed by atoms with Gasteiger partial charge >= 0.3 is 0 Å². The number of guanidine groups is 1. The lowest BCUT2D eigenvalue weighted by Crippen LogP contribution is -2.46. The van der Waals surface area contributed by atoms with Gasteiger partial charge in [0.05, 0.1) is 6.54 Å². The summed E-state index contributed by atoms with van der Waals surface area (Å²) < 4.78 is 12.1. The Morgan fingerprint density at radius 1 is 1.29 bits per heavy atom. The number of benzene rings is 1. The number of hydrogen-bond acceptors (Lipinski definition) is 2. The maximum atomic E-state index is 12.1. The van der Waals surface area contributed by atoms with Gasteiger partial charge in [0.1, 0.15) is 0 Å². The molecule has 0 radical (unpaired) electrons. The van der Waals surface area contributed by atoms with Crippen LogP contribution >= 0.6 is 0 Å². The van der Waals surface area contributed by atoms with Crippen LogP contribution in [-0.4, -0.2) is 33.8 Å². The summed E-state index contributed by atoms with van der Waals surface area (Å²) in [4.78, 5) is 4.75. The molecule has 3 unspecified atom stereocenters. The third-order valence-electron chi connectivity index (χ3n) is 4.64. The first-order valence-corrected chi connectivity index (χ1v) is 10.5. The van der Waals surface area contributed by atoms with Crippen molar-refractivity contribution in [1.29, 1.82) is 0 Å². The summed E-state index contributed by atoms with van der Waals surface area (Å²) in [6.07, 6.45) is 4.35. The molecule has 3 atom stereocenters. The Kier molecular flexibility index (Phi) is 7.76. The van der Waals surface area contributed by atoms with Crippen LogP contribution in [0.5, 0.6) is 0 Å². The van der Waals surface area contributed by atoms with E-state index in [1.807, 2.05) is 6.92 Å². The van der Waals surface area contributed by atoms with E-state index in [2.05, 4.69) is 48.7 Å². The third-order valence-corrected chi connectivity index (χ3v) is 6.38. The van der Waals surface area contributed by atoms with Crippen molar-refractivity contribution < 1.29 is 4.21 Å². The van der Waals surface area contributed by atoms with Crippen molar-refractivity contribution in [1.82, 2.24) is 10.6 Å². The van der Waals surface area contributed by atoms with Gasteiger partial charge in [-0.05, 0) is 44.2 Å². The summed E-state index contributed by atoms with van der Waals surface area (Å²) in [5, 5.41) is 7.23. The van der Waals surface area contributed by atoms with E-state index in [0.29, 0.717) is 17.8 Å². The largest absolute Gasteiger partial charge is 0.357 e. The minimum absolute atomic E-state index is 0.334. The Morgan fingerprint density at radius 3 is 2.79 bits per heavy atom. The number of aliphatic imine (C=N–C) groups is 1. The number of nitrogens with one attached hydrogen (secondary N) is 2. The van der Waals surface area contributed by atoms with Gasteiger partial charge in [0, 0.05) is 34.4 Å². The standard InChI is InChI=1S/C19H31N3OS/c1-4-20-19(21-14-16-10-7-6-9-15(16)3)22-17-11-8-12-18(13-17)24(23)5-2/h6-7,9-10,17-18H,4-5,8,11-14H2,1-3H3,(H2,20,21,22). The number of hydrogen-bond donors (Lipinski definition) is 2. The van der Waals surface area contributed by atoms with Crippen LogP contribution in [0.3, 0.4) is 0 Å². The lowest BCUT2D eigenvalue weighted by molar-refractivity contribution is 0.413. The molecular weight excluding hydrogens is 318 g/mol. The second-order valence-corrected chi connectivity index (χ2v) is 8.43. The van der Waals surface area contributed by atoms with Gasteiger partial charge in [0.25, 0.3) is 0 Å². The average molecular weight is 350 g/mol. The molecule has 2 N–H and O–H groups in total. The molecule has 0 aromatic heterocycles. The predicted molar refractivity (Wildman–Crippen MR) is 104 cm³/mol. The second kappa shape index (κ2) is 9.82. The molecule has 1 saturated carbocycles. The van der Waals surface area contributed by atoms with Gasteiger partial charge in [-0.15, -0.1) is 0 Å². The molecule has 0 bridgehead atoms. The van der Waals surface area contributed by atoms with Crippen LogP contribution in [0.1, 0.15) is 50.7 Å². The fraction of sp³-hybridized carbons (Fsp3) is 0.632. The highest BCUT2D eigenvalue weighted by molar-refractivity contribution is 7.85. The van der Waals surface area contributed by atoms with Crippen LogP contribution < -0.4 is 10.6 Å². The zero-order valence-electron chi connectivity index (χ0n) is 15.2. The molecule has 0 spiro atoms. The number of nitrogens with zero attached hydrogens (tertiary/aromatic N) is 1. The zero-order chi connectivity index (χ0) is 17.4. The highest BCUT2D eigenvalue weighted by Gasteiger charge is 2.25. The molecular formula is C19H31N3OS.